The Labute approximate surface area is 110 Å². The van der Waals surface area contributed by atoms with Crippen LogP contribution in [0.2, 0.25) is 0 Å². The van der Waals surface area contributed by atoms with Crippen molar-refractivity contribution in [2.24, 2.45) is 5.73 Å². The molecule has 0 aliphatic heterocycles. The molecule has 2 rings (SSSR count). The number of hydrogen-bond donors (Lipinski definition) is 2. The summed E-state index contributed by atoms with van der Waals surface area (Å²) in [5.74, 6) is -0.190. The van der Waals surface area contributed by atoms with Crippen LogP contribution in [-0.4, -0.2) is 11.9 Å². The molecule has 3 N–H and O–H groups in total. The third-order valence-corrected chi connectivity index (χ3v) is 2.74. The summed E-state index contributed by atoms with van der Waals surface area (Å²) < 4.78 is 18.9. The van der Waals surface area contributed by atoms with Crippen molar-refractivity contribution in [2.75, 3.05) is 5.32 Å². The van der Waals surface area contributed by atoms with Gasteiger partial charge in [0.1, 0.15) is 11.6 Å². The standard InChI is InChI=1S/C14H15FN2O2/c1-9(7-11-3-2-6-19-11)17-13-8-10(14(16)18)4-5-12(13)15/h2-6,8-9,17H,7H2,1H3,(H2,16,18). The zero-order valence-electron chi connectivity index (χ0n) is 10.5. The van der Waals surface area contributed by atoms with Crippen LogP contribution < -0.4 is 11.1 Å². The first-order chi connectivity index (χ1) is 9.06. The summed E-state index contributed by atoms with van der Waals surface area (Å²) >= 11 is 0. The molecule has 0 aliphatic rings. The number of nitrogens with two attached hydrogens (primary N) is 1. The number of nitrogens with one attached hydrogen (secondary N) is 1. The van der Waals surface area contributed by atoms with E-state index in [9.17, 15) is 9.18 Å². The van der Waals surface area contributed by atoms with E-state index in [0.717, 1.165) is 5.76 Å². The van der Waals surface area contributed by atoms with Gasteiger partial charge in [0, 0.05) is 18.0 Å². The lowest BCUT2D eigenvalue weighted by molar-refractivity contribution is 0.100. The van der Waals surface area contributed by atoms with Gasteiger partial charge in [-0.1, -0.05) is 0 Å². The van der Waals surface area contributed by atoms with Gasteiger partial charge in [0.15, 0.2) is 0 Å². The predicted molar refractivity (Wildman–Crippen MR) is 70.4 cm³/mol. The van der Waals surface area contributed by atoms with E-state index in [-0.39, 0.29) is 17.3 Å². The Balaban J connectivity index is 2.09. The molecule has 1 heterocycles. The highest BCUT2D eigenvalue weighted by atomic mass is 19.1. The number of anilines is 1. The van der Waals surface area contributed by atoms with Gasteiger partial charge in [-0.15, -0.1) is 0 Å². The molecule has 0 radical (unpaired) electrons. The summed E-state index contributed by atoms with van der Waals surface area (Å²) in [6, 6.07) is 7.62. The number of rotatable bonds is 5. The average Bonchev–Trinajstić information content (AvgIpc) is 2.84. The maximum Gasteiger partial charge on any atom is 0.248 e. The number of benzene rings is 1. The van der Waals surface area contributed by atoms with Gasteiger partial charge in [0.2, 0.25) is 5.91 Å². The third kappa shape index (κ3) is 3.34. The number of carbonyl (C=O) groups is 1. The average molecular weight is 262 g/mol. The Morgan fingerprint density at radius 2 is 2.26 bits per heavy atom. The summed E-state index contributed by atoms with van der Waals surface area (Å²) in [6.45, 7) is 1.90. The number of furan rings is 1. The highest BCUT2D eigenvalue weighted by molar-refractivity contribution is 5.93. The van der Waals surface area contributed by atoms with Crippen LogP contribution in [0.1, 0.15) is 23.0 Å². The number of halogens is 1. The number of carbonyl (C=O) groups excluding carboxylic acids is 1. The van der Waals surface area contributed by atoms with Crippen molar-refractivity contribution in [1.29, 1.82) is 0 Å². The van der Waals surface area contributed by atoms with E-state index >= 15 is 0 Å². The van der Waals surface area contributed by atoms with Crippen molar-refractivity contribution < 1.29 is 13.6 Å². The highest BCUT2D eigenvalue weighted by Crippen LogP contribution is 2.18. The minimum absolute atomic E-state index is 0.0382. The monoisotopic (exact) mass is 262 g/mol. The smallest absolute Gasteiger partial charge is 0.248 e. The first-order valence-electron chi connectivity index (χ1n) is 5.94. The molecule has 0 bridgehead atoms. The van der Waals surface area contributed by atoms with Crippen LogP contribution in [0, 0.1) is 5.82 Å². The zero-order valence-corrected chi connectivity index (χ0v) is 10.5. The molecule has 0 spiro atoms. The Kier molecular flexibility index (Phi) is 3.85. The second kappa shape index (κ2) is 5.56. The number of amides is 1. The van der Waals surface area contributed by atoms with E-state index in [1.165, 1.54) is 18.2 Å². The second-order valence-corrected chi connectivity index (χ2v) is 4.39. The van der Waals surface area contributed by atoms with Crippen LogP contribution in [0.3, 0.4) is 0 Å². The molecule has 1 atom stereocenters. The first-order valence-corrected chi connectivity index (χ1v) is 5.94. The van der Waals surface area contributed by atoms with E-state index in [1.807, 2.05) is 13.0 Å². The van der Waals surface area contributed by atoms with Crippen molar-refractivity contribution in [1.82, 2.24) is 0 Å². The minimum Gasteiger partial charge on any atom is -0.469 e. The van der Waals surface area contributed by atoms with Crippen LogP contribution in [0.25, 0.3) is 0 Å². The lowest BCUT2D eigenvalue weighted by Gasteiger charge is -2.15. The van der Waals surface area contributed by atoms with Gasteiger partial charge in [-0.25, -0.2) is 4.39 Å². The topological polar surface area (TPSA) is 68.3 Å². The van der Waals surface area contributed by atoms with E-state index in [4.69, 9.17) is 10.2 Å². The van der Waals surface area contributed by atoms with E-state index < -0.39 is 11.7 Å². The summed E-state index contributed by atoms with van der Waals surface area (Å²) in [5.41, 5.74) is 5.70. The molecule has 0 fully saturated rings. The van der Waals surface area contributed by atoms with Crippen LogP contribution in [0.15, 0.2) is 41.0 Å². The molecule has 1 unspecified atom stereocenters. The number of hydrogen-bond acceptors (Lipinski definition) is 3. The van der Waals surface area contributed by atoms with Gasteiger partial charge in [-0.05, 0) is 37.3 Å². The molecule has 5 heteroatoms. The van der Waals surface area contributed by atoms with Gasteiger partial charge in [-0.2, -0.15) is 0 Å². The molecular formula is C14H15FN2O2. The van der Waals surface area contributed by atoms with Crippen molar-refractivity contribution in [3.05, 3.63) is 53.7 Å². The van der Waals surface area contributed by atoms with Crippen molar-refractivity contribution >= 4 is 11.6 Å². The summed E-state index contributed by atoms with van der Waals surface area (Å²) in [6.07, 6.45) is 2.21. The van der Waals surface area contributed by atoms with Crippen molar-refractivity contribution in [3.8, 4) is 0 Å². The minimum atomic E-state index is -0.582. The van der Waals surface area contributed by atoms with Crippen LogP contribution in [0.5, 0.6) is 0 Å². The van der Waals surface area contributed by atoms with Crippen molar-refractivity contribution in [2.45, 2.75) is 19.4 Å². The Hall–Kier alpha value is -2.30. The molecule has 1 aromatic carbocycles. The van der Waals surface area contributed by atoms with Gasteiger partial charge in [0.05, 0.1) is 12.0 Å². The molecule has 1 amide bonds. The fourth-order valence-electron chi connectivity index (χ4n) is 1.84. The van der Waals surface area contributed by atoms with Crippen LogP contribution in [-0.2, 0) is 6.42 Å². The Morgan fingerprint density at radius 3 is 2.89 bits per heavy atom. The molecule has 100 valence electrons. The lowest BCUT2D eigenvalue weighted by atomic mass is 10.1. The maximum absolute atomic E-state index is 13.6. The lowest BCUT2D eigenvalue weighted by Crippen LogP contribution is -2.19. The predicted octanol–water partition coefficient (Wildman–Crippen LogP) is 2.56. The van der Waals surface area contributed by atoms with E-state index in [2.05, 4.69) is 5.32 Å². The first kappa shape index (κ1) is 13.1. The molecule has 0 saturated heterocycles. The quantitative estimate of drug-likeness (QED) is 0.870. The van der Waals surface area contributed by atoms with Crippen LogP contribution >= 0.6 is 0 Å². The Bertz CT molecular complexity index is 567. The van der Waals surface area contributed by atoms with Gasteiger partial charge in [0.25, 0.3) is 0 Å². The fraction of sp³-hybridized carbons (Fsp3) is 0.214. The maximum atomic E-state index is 13.6. The summed E-state index contributed by atoms with van der Waals surface area (Å²) in [7, 11) is 0. The highest BCUT2D eigenvalue weighted by Gasteiger charge is 2.11. The molecule has 1 aromatic heterocycles. The molecule has 0 saturated carbocycles. The second-order valence-electron chi connectivity index (χ2n) is 4.39. The normalized spacial score (nSPS) is 12.1. The van der Waals surface area contributed by atoms with E-state index in [1.54, 1.807) is 12.3 Å². The summed E-state index contributed by atoms with van der Waals surface area (Å²) in [4.78, 5) is 11.1. The van der Waals surface area contributed by atoms with Crippen molar-refractivity contribution in [3.63, 3.8) is 0 Å². The molecule has 4 nitrogen and oxygen atoms in total. The van der Waals surface area contributed by atoms with Gasteiger partial charge >= 0.3 is 0 Å². The van der Waals surface area contributed by atoms with E-state index in [0.29, 0.717) is 6.42 Å². The molecule has 0 aliphatic carbocycles. The van der Waals surface area contributed by atoms with Gasteiger partial charge in [-0.3, -0.25) is 4.79 Å². The fourth-order valence-corrected chi connectivity index (χ4v) is 1.84. The molecule has 2 aromatic rings. The zero-order chi connectivity index (χ0) is 13.8. The van der Waals surface area contributed by atoms with Gasteiger partial charge < -0.3 is 15.5 Å². The SMILES string of the molecule is CC(Cc1ccco1)Nc1cc(C(N)=O)ccc1F. The summed E-state index contributed by atoms with van der Waals surface area (Å²) in [5, 5.41) is 3.00. The third-order valence-electron chi connectivity index (χ3n) is 2.74. The molecular weight excluding hydrogens is 247 g/mol. The molecule has 19 heavy (non-hydrogen) atoms. The van der Waals surface area contributed by atoms with Crippen LogP contribution in [0.4, 0.5) is 10.1 Å². The number of primary amides is 1. The largest absolute Gasteiger partial charge is 0.469 e. The Morgan fingerprint density at radius 1 is 1.47 bits per heavy atom.